The lowest BCUT2D eigenvalue weighted by molar-refractivity contribution is -0.158. The van der Waals surface area contributed by atoms with E-state index in [4.69, 9.17) is 4.74 Å². The van der Waals surface area contributed by atoms with Gasteiger partial charge in [-0.25, -0.2) is 0 Å². The standard InChI is InChI=1S/C30H51NO2/c1-3-5-6-7-8-20-30(23-31)21-18-28(19-22-30)33-29(32)27-16-14-26(15-17-27)25-12-10-24(9-4-2)11-13-25/h24-28H,3-22H2,1-2H3/t24-,25-,26?,27?,28?,30?. The summed E-state index contributed by atoms with van der Waals surface area (Å²) in [5, 5.41) is 9.83. The normalized spacial score (nSPS) is 35.0. The molecule has 0 bridgehead atoms. The molecule has 3 heteroatoms. The molecule has 0 saturated heterocycles. The lowest BCUT2D eigenvalue weighted by atomic mass is 9.68. The molecule has 0 amide bonds. The van der Waals surface area contributed by atoms with Crippen LogP contribution in [0.1, 0.15) is 142 Å². The van der Waals surface area contributed by atoms with Gasteiger partial charge in [0.15, 0.2) is 0 Å². The average molecular weight is 458 g/mol. The van der Waals surface area contributed by atoms with Crippen molar-refractivity contribution in [2.75, 3.05) is 0 Å². The topological polar surface area (TPSA) is 50.1 Å². The van der Waals surface area contributed by atoms with E-state index in [1.807, 2.05) is 0 Å². The number of unbranched alkanes of at least 4 members (excludes halogenated alkanes) is 4. The van der Waals surface area contributed by atoms with Crippen molar-refractivity contribution in [2.24, 2.45) is 29.1 Å². The number of nitrogens with zero attached hydrogens (tertiary/aromatic N) is 1. The molecule has 0 radical (unpaired) electrons. The highest BCUT2D eigenvalue weighted by atomic mass is 16.5. The molecule has 0 aromatic carbocycles. The van der Waals surface area contributed by atoms with E-state index in [1.165, 1.54) is 83.5 Å². The molecule has 0 aromatic heterocycles. The second-order valence-corrected chi connectivity index (χ2v) is 11.9. The van der Waals surface area contributed by atoms with Crippen LogP contribution in [0.15, 0.2) is 0 Å². The van der Waals surface area contributed by atoms with Crippen molar-refractivity contribution in [1.29, 1.82) is 5.26 Å². The Morgan fingerprint density at radius 1 is 0.818 bits per heavy atom. The number of ether oxygens (including phenoxy) is 1. The molecule has 3 fully saturated rings. The molecule has 0 atom stereocenters. The maximum absolute atomic E-state index is 12.9. The number of nitriles is 1. The summed E-state index contributed by atoms with van der Waals surface area (Å²) in [6.07, 6.45) is 23.9. The molecule has 0 N–H and O–H groups in total. The first-order valence-corrected chi connectivity index (χ1v) is 14.7. The van der Waals surface area contributed by atoms with Gasteiger partial charge in [-0.15, -0.1) is 0 Å². The maximum Gasteiger partial charge on any atom is 0.309 e. The van der Waals surface area contributed by atoms with Crippen molar-refractivity contribution in [1.82, 2.24) is 0 Å². The van der Waals surface area contributed by atoms with Gasteiger partial charge in [0.25, 0.3) is 0 Å². The summed E-state index contributed by atoms with van der Waals surface area (Å²) in [5.41, 5.74) is -0.163. The minimum Gasteiger partial charge on any atom is -0.462 e. The molecule has 0 spiro atoms. The Morgan fingerprint density at radius 3 is 2.00 bits per heavy atom. The quantitative estimate of drug-likeness (QED) is 0.230. The van der Waals surface area contributed by atoms with Crippen LogP contribution in [0.25, 0.3) is 0 Å². The summed E-state index contributed by atoms with van der Waals surface area (Å²) in [6.45, 7) is 4.55. The summed E-state index contributed by atoms with van der Waals surface area (Å²) in [6, 6.07) is 2.65. The molecule has 3 aliphatic rings. The van der Waals surface area contributed by atoms with E-state index in [0.29, 0.717) is 0 Å². The lowest BCUT2D eigenvalue weighted by Crippen LogP contribution is -2.34. The lowest BCUT2D eigenvalue weighted by Gasteiger charge is -2.38. The Labute approximate surface area is 204 Å². The fourth-order valence-electron chi connectivity index (χ4n) is 7.19. The molecule has 0 heterocycles. The fraction of sp³-hybridized carbons (Fsp3) is 0.933. The van der Waals surface area contributed by atoms with Gasteiger partial charge < -0.3 is 4.74 Å². The Bertz CT molecular complexity index is 599. The van der Waals surface area contributed by atoms with Gasteiger partial charge in [-0.2, -0.15) is 5.26 Å². The number of hydrogen-bond acceptors (Lipinski definition) is 3. The number of hydrogen-bond donors (Lipinski definition) is 0. The van der Waals surface area contributed by atoms with Crippen molar-refractivity contribution in [2.45, 2.75) is 148 Å². The van der Waals surface area contributed by atoms with Crippen LogP contribution < -0.4 is 0 Å². The zero-order chi connectivity index (χ0) is 23.5. The Balaban J connectivity index is 1.33. The number of carbonyl (C=O) groups is 1. The van der Waals surface area contributed by atoms with Gasteiger partial charge in [-0.3, -0.25) is 4.79 Å². The van der Waals surface area contributed by atoms with Crippen molar-refractivity contribution in [3.63, 3.8) is 0 Å². The van der Waals surface area contributed by atoms with Crippen LogP contribution in [0.4, 0.5) is 0 Å². The summed E-state index contributed by atoms with van der Waals surface area (Å²) in [4.78, 5) is 12.9. The first-order chi connectivity index (χ1) is 16.1. The maximum atomic E-state index is 12.9. The van der Waals surface area contributed by atoms with Crippen molar-refractivity contribution < 1.29 is 9.53 Å². The summed E-state index contributed by atoms with van der Waals surface area (Å²) in [7, 11) is 0. The predicted molar refractivity (Wildman–Crippen MR) is 136 cm³/mol. The van der Waals surface area contributed by atoms with Crippen LogP contribution >= 0.6 is 0 Å². The van der Waals surface area contributed by atoms with E-state index in [2.05, 4.69) is 19.9 Å². The molecule has 33 heavy (non-hydrogen) atoms. The molecule has 3 saturated carbocycles. The van der Waals surface area contributed by atoms with Crippen molar-refractivity contribution in [3.8, 4) is 6.07 Å². The Kier molecular flexibility index (Phi) is 11.1. The SMILES string of the molecule is CCCCCCCC1(C#N)CCC(OC(=O)C2CCC([C@H]3CC[C@H](CCC)CC3)CC2)CC1. The van der Waals surface area contributed by atoms with Crippen molar-refractivity contribution >= 4 is 5.97 Å². The molecule has 0 unspecified atom stereocenters. The van der Waals surface area contributed by atoms with Gasteiger partial charge in [0.05, 0.1) is 17.4 Å². The molecular weight excluding hydrogens is 406 g/mol. The summed E-state index contributed by atoms with van der Waals surface area (Å²) >= 11 is 0. The zero-order valence-electron chi connectivity index (χ0n) is 21.8. The largest absolute Gasteiger partial charge is 0.462 e. The molecule has 188 valence electrons. The number of carbonyl (C=O) groups excluding carboxylic acids is 1. The average Bonchev–Trinajstić information content (AvgIpc) is 2.86. The molecular formula is C30H51NO2. The monoisotopic (exact) mass is 457 g/mol. The van der Waals surface area contributed by atoms with E-state index in [1.54, 1.807) is 0 Å². The van der Waals surface area contributed by atoms with Crippen LogP contribution in [-0.4, -0.2) is 12.1 Å². The van der Waals surface area contributed by atoms with Crippen LogP contribution in [0, 0.1) is 40.4 Å². The second-order valence-electron chi connectivity index (χ2n) is 11.9. The van der Waals surface area contributed by atoms with Crippen LogP contribution in [0.5, 0.6) is 0 Å². The minimum absolute atomic E-state index is 0.0469. The molecule has 3 rings (SSSR count). The second kappa shape index (κ2) is 13.7. The summed E-state index contributed by atoms with van der Waals surface area (Å²) in [5.74, 6) is 2.93. The predicted octanol–water partition coefficient (Wildman–Crippen LogP) is 8.76. The minimum atomic E-state index is -0.163. The molecule has 3 aliphatic carbocycles. The van der Waals surface area contributed by atoms with Crippen LogP contribution in [-0.2, 0) is 9.53 Å². The van der Waals surface area contributed by atoms with Gasteiger partial charge in [0, 0.05) is 0 Å². The van der Waals surface area contributed by atoms with Crippen LogP contribution in [0.3, 0.4) is 0 Å². The van der Waals surface area contributed by atoms with Gasteiger partial charge in [-0.05, 0) is 88.4 Å². The van der Waals surface area contributed by atoms with E-state index >= 15 is 0 Å². The molecule has 0 aliphatic heterocycles. The van der Waals surface area contributed by atoms with E-state index < -0.39 is 0 Å². The van der Waals surface area contributed by atoms with E-state index in [9.17, 15) is 10.1 Å². The third-order valence-corrected chi connectivity index (χ3v) is 9.53. The highest BCUT2D eigenvalue weighted by Gasteiger charge is 2.38. The van der Waals surface area contributed by atoms with E-state index in [0.717, 1.165) is 62.7 Å². The Morgan fingerprint density at radius 2 is 1.42 bits per heavy atom. The van der Waals surface area contributed by atoms with Crippen molar-refractivity contribution in [3.05, 3.63) is 0 Å². The molecule has 0 aromatic rings. The van der Waals surface area contributed by atoms with Gasteiger partial charge >= 0.3 is 5.97 Å². The highest BCUT2D eigenvalue weighted by molar-refractivity contribution is 5.72. The highest BCUT2D eigenvalue weighted by Crippen LogP contribution is 2.44. The smallest absolute Gasteiger partial charge is 0.309 e. The van der Waals surface area contributed by atoms with Crippen LogP contribution in [0.2, 0.25) is 0 Å². The third-order valence-electron chi connectivity index (χ3n) is 9.53. The number of rotatable bonds is 11. The van der Waals surface area contributed by atoms with Gasteiger partial charge in [0.2, 0.25) is 0 Å². The first kappa shape index (κ1) is 26.6. The fourth-order valence-corrected chi connectivity index (χ4v) is 7.19. The summed E-state index contributed by atoms with van der Waals surface area (Å²) < 4.78 is 6.00. The van der Waals surface area contributed by atoms with Gasteiger partial charge in [0.1, 0.15) is 6.10 Å². The van der Waals surface area contributed by atoms with E-state index in [-0.39, 0.29) is 23.4 Å². The molecule has 3 nitrogen and oxygen atoms in total. The van der Waals surface area contributed by atoms with Gasteiger partial charge in [-0.1, -0.05) is 71.6 Å². The third kappa shape index (κ3) is 8.00. The zero-order valence-corrected chi connectivity index (χ0v) is 21.8. The Hall–Kier alpha value is -1.04. The number of esters is 1. The first-order valence-electron chi connectivity index (χ1n) is 14.7.